The Balaban J connectivity index is 1.40. The van der Waals surface area contributed by atoms with Gasteiger partial charge in [-0.2, -0.15) is 0 Å². The van der Waals surface area contributed by atoms with Crippen molar-refractivity contribution < 1.29 is 22.8 Å². The molecule has 1 aromatic heterocycles. The molecule has 39 heavy (non-hydrogen) atoms. The molecule has 0 aliphatic carbocycles. The van der Waals surface area contributed by atoms with Crippen LogP contribution in [-0.4, -0.2) is 62.6 Å². The molecule has 0 unspecified atom stereocenters. The zero-order valence-corrected chi connectivity index (χ0v) is 23.5. The van der Waals surface area contributed by atoms with Crippen molar-refractivity contribution in [3.05, 3.63) is 76.2 Å². The Labute approximate surface area is 232 Å². The zero-order valence-electron chi connectivity index (χ0n) is 21.8. The van der Waals surface area contributed by atoms with E-state index in [0.29, 0.717) is 48.9 Å². The van der Waals surface area contributed by atoms with E-state index in [1.165, 1.54) is 53.9 Å². The lowest BCUT2D eigenvalue weighted by Gasteiger charge is -2.26. The normalized spacial score (nSPS) is 15.1. The topological polar surface area (TPSA) is 107 Å². The molecule has 5 rings (SSSR count). The van der Waals surface area contributed by atoms with Gasteiger partial charge in [-0.1, -0.05) is 18.2 Å². The summed E-state index contributed by atoms with van der Waals surface area (Å²) >= 11 is 1.33. The van der Waals surface area contributed by atoms with Gasteiger partial charge in [-0.15, -0.1) is 11.3 Å². The number of nitrogens with one attached hydrogen (secondary N) is 1. The van der Waals surface area contributed by atoms with Crippen LogP contribution in [-0.2, 0) is 27.8 Å². The van der Waals surface area contributed by atoms with Gasteiger partial charge in [-0.3, -0.25) is 18.7 Å². The number of amides is 3. The minimum Gasteiger partial charge on any atom is -0.339 e. The van der Waals surface area contributed by atoms with Crippen LogP contribution in [0.2, 0.25) is 0 Å². The highest BCUT2D eigenvalue weighted by atomic mass is 32.2. The molecule has 2 aromatic carbocycles. The average Bonchev–Trinajstić information content (AvgIpc) is 3.60. The molecule has 0 bridgehead atoms. The summed E-state index contributed by atoms with van der Waals surface area (Å²) < 4.78 is 27.4. The first-order valence-electron chi connectivity index (χ1n) is 12.8. The monoisotopic (exact) mass is 566 g/mol. The van der Waals surface area contributed by atoms with Gasteiger partial charge in [0, 0.05) is 44.0 Å². The molecular weight excluding hydrogens is 536 g/mol. The molecule has 204 valence electrons. The highest BCUT2D eigenvalue weighted by Crippen LogP contribution is 2.38. The molecule has 3 amide bonds. The van der Waals surface area contributed by atoms with Crippen molar-refractivity contribution in [1.29, 1.82) is 0 Å². The van der Waals surface area contributed by atoms with Gasteiger partial charge in [0.1, 0.15) is 5.00 Å². The lowest BCUT2D eigenvalue weighted by Crippen LogP contribution is -2.35. The Morgan fingerprint density at radius 1 is 0.923 bits per heavy atom. The smallest absolute Gasteiger partial charge is 0.264 e. The van der Waals surface area contributed by atoms with Gasteiger partial charge in [-0.25, -0.2) is 8.42 Å². The molecule has 9 nitrogen and oxygen atoms in total. The van der Waals surface area contributed by atoms with Crippen molar-refractivity contribution >= 4 is 49.8 Å². The first-order valence-corrected chi connectivity index (χ1v) is 15.1. The molecular formula is C28H30N4O5S2. The molecule has 0 spiro atoms. The Morgan fingerprint density at radius 2 is 1.59 bits per heavy atom. The number of hydrogen-bond donors (Lipinski definition) is 1. The third-order valence-corrected chi connectivity index (χ3v) is 10.2. The van der Waals surface area contributed by atoms with E-state index in [-0.39, 0.29) is 22.3 Å². The number of hydrogen-bond acceptors (Lipinski definition) is 6. The first-order chi connectivity index (χ1) is 18.7. The van der Waals surface area contributed by atoms with Crippen LogP contribution in [0.4, 0.5) is 10.7 Å². The minimum atomic E-state index is -3.81. The van der Waals surface area contributed by atoms with Gasteiger partial charge in [0.2, 0.25) is 5.91 Å². The molecule has 1 fully saturated rings. The predicted molar refractivity (Wildman–Crippen MR) is 151 cm³/mol. The number of sulfonamides is 1. The molecule has 0 saturated carbocycles. The number of carbonyl (C=O) groups is 3. The SMILES string of the molecule is CC(=O)N1CCc2c(sc(NC(=O)c3ccc(S(=O)(=O)N(C)c4ccccc4)cc3)c2C(=O)N2CCCC2)C1. The fraction of sp³-hybridized carbons (Fsp3) is 0.321. The summed E-state index contributed by atoms with van der Waals surface area (Å²) in [6.45, 7) is 3.83. The Morgan fingerprint density at radius 3 is 2.23 bits per heavy atom. The molecule has 2 aliphatic heterocycles. The van der Waals surface area contributed by atoms with Crippen LogP contribution in [0.5, 0.6) is 0 Å². The van der Waals surface area contributed by atoms with Gasteiger partial charge in [0.25, 0.3) is 21.8 Å². The van der Waals surface area contributed by atoms with Crippen LogP contribution < -0.4 is 9.62 Å². The number of benzene rings is 2. The highest BCUT2D eigenvalue weighted by Gasteiger charge is 2.32. The molecule has 0 atom stereocenters. The standard InChI is InChI=1S/C28H30N4O5S2/c1-19(33)32-17-14-23-24(18-32)38-27(25(23)28(35)31-15-6-7-16-31)29-26(34)20-10-12-22(13-11-20)39(36,37)30(2)21-8-4-3-5-9-21/h3-5,8-13H,6-7,14-18H2,1-2H3,(H,29,34). The van der Waals surface area contributed by atoms with E-state index >= 15 is 0 Å². The second-order valence-corrected chi connectivity index (χ2v) is 12.8. The van der Waals surface area contributed by atoms with E-state index in [9.17, 15) is 22.8 Å². The Hall–Kier alpha value is -3.70. The predicted octanol–water partition coefficient (Wildman–Crippen LogP) is 3.97. The van der Waals surface area contributed by atoms with Crippen molar-refractivity contribution in [2.45, 2.75) is 37.6 Å². The molecule has 3 aromatic rings. The number of anilines is 2. The molecule has 0 radical (unpaired) electrons. The summed E-state index contributed by atoms with van der Waals surface area (Å²) in [5.74, 6) is -0.560. The summed E-state index contributed by atoms with van der Waals surface area (Å²) in [4.78, 5) is 43.2. The van der Waals surface area contributed by atoms with Crippen LogP contribution >= 0.6 is 11.3 Å². The average molecular weight is 567 g/mol. The maximum absolute atomic E-state index is 13.5. The second kappa shape index (κ2) is 10.8. The quantitative estimate of drug-likeness (QED) is 0.486. The lowest BCUT2D eigenvalue weighted by atomic mass is 10.0. The largest absolute Gasteiger partial charge is 0.339 e. The minimum absolute atomic E-state index is 0.0278. The van der Waals surface area contributed by atoms with Gasteiger partial charge < -0.3 is 15.1 Å². The van der Waals surface area contributed by atoms with Crippen molar-refractivity contribution in [3.63, 3.8) is 0 Å². The van der Waals surface area contributed by atoms with Crippen LogP contribution in [0.15, 0.2) is 59.5 Å². The van der Waals surface area contributed by atoms with E-state index in [0.717, 1.165) is 23.3 Å². The number of nitrogens with zero attached hydrogens (tertiary/aromatic N) is 3. The van der Waals surface area contributed by atoms with Crippen LogP contribution in [0, 0.1) is 0 Å². The molecule has 1 saturated heterocycles. The second-order valence-electron chi connectivity index (χ2n) is 9.68. The van der Waals surface area contributed by atoms with Crippen molar-refractivity contribution in [3.8, 4) is 0 Å². The fourth-order valence-corrected chi connectivity index (χ4v) is 7.40. The summed E-state index contributed by atoms with van der Waals surface area (Å²) in [5.41, 5.74) is 2.21. The van der Waals surface area contributed by atoms with Crippen molar-refractivity contribution in [2.75, 3.05) is 36.3 Å². The van der Waals surface area contributed by atoms with Gasteiger partial charge in [0.15, 0.2) is 0 Å². The van der Waals surface area contributed by atoms with Gasteiger partial charge >= 0.3 is 0 Å². The summed E-state index contributed by atoms with van der Waals surface area (Å²) in [5, 5.41) is 3.37. The number of thiophene rings is 1. The van der Waals surface area contributed by atoms with Gasteiger partial charge in [-0.05, 0) is 61.2 Å². The van der Waals surface area contributed by atoms with Crippen LogP contribution in [0.25, 0.3) is 0 Å². The number of rotatable bonds is 6. The van der Waals surface area contributed by atoms with E-state index in [1.54, 1.807) is 29.2 Å². The maximum Gasteiger partial charge on any atom is 0.264 e. The summed E-state index contributed by atoms with van der Waals surface area (Å²) in [6, 6.07) is 14.5. The number of fused-ring (bicyclic) bond motifs is 1. The highest BCUT2D eigenvalue weighted by molar-refractivity contribution is 7.92. The fourth-order valence-electron chi connectivity index (χ4n) is 4.95. The van der Waals surface area contributed by atoms with E-state index < -0.39 is 15.9 Å². The Kier molecular flexibility index (Phi) is 7.46. The van der Waals surface area contributed by atoms with E-state index in [2.05, 4.69) is 5.32 Å². The van der Waals surface area contributed by atoms with E-state index in [1.807, 2.05) is 11.0 Å². The van der Waals surface area contributed by atoms with Crippen molar-refractivity contribution in [2.24, 2.45) is 0 Å². The first kappa shape index (κ1) is 26.9. The molecule has 11 heteroatoms. The van der Waals surface area contributed by atoms with Crippen molar-refractivity contribution in [1.82, 2.24) is 9.80 Å². The molecule has 1 N–H and O–H groups in total. The number of likely N-dealkylation sites (tertiary alicyclic amines) is 1. The third-order valence-electron chi connectivity index (χ3n) is 7.23. The number of carbonyl (C=O) groups excluding carboxylic acids is 3. The third kappa shape index (κ3) is 5.28. The number of para-hydroxylation sites is 1. The zero-order chi connectivity index (χ0) is 27.7. The lowest BCUT2D eigenvalue weighted by molar-refractivity contribution is -0.129. The molecule has 2 aliphatic rings. The summed E-state index contributed by atoms with van der Waals surface area (Å²) in [6.07, 6.45) is 2.46. The van der Waals surface area contributed by atoms with Crippen LogP contribution in [0.3, 0.4) is 0 Å². The molecule has 3 heterocycles. The maximum atomic E-state index is 13.5. The van der Waals surface area contributed by atoms with Crippen LogP contribution in [0.1, 0.15) is 50.9 Å². The van der Waals surface area contributed by atoms with Gasteiger partial charge in [0.05, 0.1) is 22.7 Å². The van der Waals surface area contributed by atoms with E-state index in [4.69, 9.17) is 0 Å². The summed E-state index contributed by atoms with van der Waals surface area (Å²) in [7, 11) is -2.33. The Bertz CT molecular complexity index is 1510.